The van der Waals surface area contributed by atoms with Crippen molar-refractivity contribution in [3.63, 3.8) is 0 Å². The van der Waals surface area contributed by atoms with Gasteiger partial charge in [-0.05, 0) is 90.9 Å². The zero-order chi connectivity index (χ0) is 20.8. The van der Waals surface area contributed by atoms with Crippen LogP contribution in [-0.2, 0) is 0 Å². The summed E-state index contributed by atoms with van der Waals surface area (Å²) in [5, 5.41) is 0. The summed E-state index contributed by atoms with van der Waals surface area (Å²) in [6.07, 6.45) is 11.8. The Morgan fingerprint density at radius 3 is 2.03 bits per heavy atom. The highest BCUT2D eigenvalue weighted by Crippen LogP contribution is 2.29. The maximum absolute atomic E-state index is 4.77. The third-order valence-electron chi connectivity index (χ3n) is 5.48. The Hall–Kier alpha value is -4.25. The Labute approximate surface area is 178 Å². The van der Waals surface area contributed by atoms with Gasteiger partial charge in [0, 0.05) is 40.0 Å². The van der Waals surface area contributed by atoms with E-state index in [0.717, 1.165) is 61.5 Å². The Morgan fingerprint density at radius 2 is 1.29 bits per heavy atom. The summed E-state index contributed by atoms with van der Waals surface area (Å²) in [6, 6.07) is 16.6. The van der Waals surface area contributed by atoms with E-state index in [2.05, 4.69) is 63.3 Å². The van der Waals surface area contributed by atoms with Crippen molar-refractivity contribution >= 4 is 46.4 Å². The Bertz CT molecular complexity index is 1550. The van der Waals surface area contributed by atoms with E-state index in [1.807, 2.05) is 48.8 Å². The van der Waals surface area contributed by atoms with Crippen molar-refractivity contribution in [3.05, 3.63) is 89.3 Å². The normalized spacial score (nSPS) is 12.4. The van der Waals surface area contributed by atoms with Crippen molar-refractivity contribution in [2.24, 2.45) is 0 Å². The first-order chi connectivity index (χ1) is 15.2. The number of H-pyrrole nitrogens is 2. The number of hydrogen-bond donors (Lipinski definition) is 2. The highest BCUT2D eigenvalue weighted by molar-refractivity contribution is 5.88. The molecule has 6 rings (SSSR count). The van der Waals surface area contributed by atoms with Crippen LogP contribution in [0.4, 0.5) is 0 Å². The van der Waals surface area contributed by atoms with Crippen LogP contribution in [0.25, 0.3) is 57.5 Å². The number of aromatic nitrogens is 5. The molecular weight excluding hydrogens is 382 g/mol. The van der Waals surface area contributed by atoms with Crippen LogP contribution in [-0.4, -0.2) is 24.9 Å². The number of nitrogens with zero attached hydrogens (tertiary/aromatic N) is 3. The molecule has 2 aliphatic rings. The van der Waals surface area contributed by atoms with E-state index in [-0.39, 0.29) is 0 Å². The molecule has 0 atom stereocenters. The van der Waals surface area contributed by atoms with Gasteiger partial charge in [-0.15, -0.1) is 0 Å². The summed E-state index contributed by atoms with van der Waals surface area (Å²) in [5.74, 6) is 0. The van der Waals surface area contributed by atoms with Crippen LogP contribution in [0.1, 0.15) is 28.3 Å². The number of aromatic amines is 2. The van der Waals surface area contributed by atoms with Crippen molar-refractivity contribution < 1.29 is 0 Å². The van der Waals surface area contributed by atoms with Crippen LogP contribution in [0.3, 0.4) is 0 Å². The van der Waals surface area contributed by atoms with Gasteiger partial charge in [0.2, 0.25) is 0 Å². The van der Waals surface area contributed by atoms with E-state index in [4.69, 9.17) is 4.98 Å². The molecule has 2 N–H and O–H groups in total. The van der Waals surface area contributed by atoms with E-state index in [1.54, 1.807) is 0 Å². The molecule has 0 unspecified atom stereocenters. The van der Waals surface area contributed by atoms with Crippen molar-refractivity contribution in [1.82, 2.24) is 24.9 Å². The maximum Gasteiger partial charge on any atom is 0.0659 e. The highest BCUT2D eigenvalue weighted by Gasteiger charge is 2.08. The molecule has 4 aromatic heterocycles. The van der Waals surface area contributed by atoms with Crippen LogP contribution in [0, 0.1) is 6.92 Å². The van der Waals surface area contributed by atoms with Crippen LogP contribution in [0.15, 0.2) is 60.9 Å². The Morgan fingerprint density at radius 1 is 0.613 bits per heavy atom. The largest absolute Gasteiger partial charge is 0.355 e. The molecule has 0 spiro atoms. The van der Waals surface area contributed by atoms with E-state index in [0.29, 0.717) is 0 Å². The number of fused-ring (bicyclic) bond motifs is 8. The maximum atomic E-state index is 4.77. The number of nitrogens with one attached hydrogen (secondary N) is 2. The van der Waals surface area contributed by atoms with E-state index < -0.39 is 0 Å². The molecule has 0 saturated carbocycles. The smallest absolute Gasteiger partial charge is 0.0659 e. The molecule has 0 aromatic carbocycles. The molecule has 2 aliphatic heterocycles. The zero-order valence-electron chi connectivity index (χ0n) is 16.9. The molecule has 0 radical (unpaired) electrons. The molecule has 0 amide bonds. The summed E-state index contributed by atoms with van der Waals surface area (Å²) in [7, 11) is 0. The monoisotopic (exact) mass is 401 g/mol. The first kappa shape index (κ1) is 17.6. The molecule has 8 bridgehead atoms. The summed E-state index contributed by atoms with van der Waals surface area (Å²) in [6.45, 7) is 2.08. The molecule has 0 saturated heterocycles. The van der Waals surface area contributed by atoms with Gasteiger partial charge in [-0.3, -0.25) is 4.98 Å². The lowest BCUT2D eigenvalue weighted by Gasteiger charge is -2.02. The van der Waals surface area contributed by atoms with Crippen molar-refractivity contribution in [2.75, 3.05) is 0 Å². The number of pyridine rings is 1. The van der Waals surface area contributed by atoms with Gasteiger partial charge in [0.25, 0.3) is 0 Å². The zero-order valence-corrected chi connectivity index (χ0v) is 16.9. The number of hydrogen-bond acceptors (Lipinski definition) is 3. The van der Waals surface area contributed by atoms with E-state index >= 15 is 0 Å². The molecule has 0 aliphatic carbocycles. The molecule has 148 valence electrons. The first-order valence-corrected chi connectivity index (χ1v) is 10.2. The summed E-state index contributed by atoms with van der Waals surface area (Å²) < 4.78 is 0. The van der Waals surface area contributed by atoms with Gasteiger partial charge in [0.1, 0.15) is 0 Å². The minimum Gasteiger partial charge on any atom is -0.355 e. The Kier molecular flexibility index (Phi) is 3.93. The number of rotatable bonds is 1. The summed E-state index contributed by atoms with van der Waals surface area (Å²) in [4.78, 5) is 20.7. The first-order valence-electron chi connectivity index (χ1n) is 10.2. The minimum absolute atomic E-state index is 0.894. The fourth-order valence-corrected chi connectivity index (χ4v) is 4.02. The van der Waals surface area contributed by atoms with E-state index in [9.17, 15) is 0 Å². The molecule has 4 aromatic rings. The summed E-state index contributed by atoms with van der Waals surface area (Å²) in [5.41, 5.74) is 11.1. The lowest BCUT2D eigenvalue weighted by Crippen LogP contribution is -1.83. The molecule has 5 heteroatoms. The SMILES string of the molecule is Cc1cnccc1-c1cc2cc3ccc(cc4nc(cc5nc(cc1[nH]2)C=C5)C=C4)[nH]3. The minimum atomic E-state index is 0.894. The highest BCUT2D eigenvalue weighted by atomic mass is 14.8. The average Bonchev–Trinajstić information content (AvgIpc) is 3.53. The predicted molar refractivity (Wildman–Crippen MR) is 127 cm³/mol. The second-order valence-electron chi connectivity index (χ2n) is 7.78. The Balaban J connectivity index is 1.69. The lowest BCUT2D eigenvalue weighted by atomic mass is 10.0. The third kappa shape index (κ3) is 3.36. The fourth-order valence-electron chi connectivity index (χ4n) is 4.02. The fraction of sp³-hybridized carbons (Fsp3) is 0.0385. The predicted octanol–water partition coefficient (Wildman–Crippen LogP) is 6.03. The van der Waals surface area contributed by atoms with Crippen LogP contribution in [0.2, 0.25) is 0 Å². The second kappa shape index (κ2) is 6.92. The second-order valence-corrected chi connectivity index (χ2v) is 7.78. The van der Waals surface area contributed by atoms with Gasteiger partial charge in [-0.1, -0.05) is 0 Å². The van der Waals surface area contributed by atoms with Crippen molar-refractivity contribution in [1.29, 1.82) is 0 Å². The molecule has 6 heterocycles. The molecule has 31 heavy (non-hydrogen) atoms. The van der Waals surface area contributed by atoms with Gasteiger partial charge in [-0.25, -0.2) is 9.97 Å². The van der Waals surface area contributed by atoms with Gasteiger partial charge >= 0.3 is 0 Å². The number of aryl methyl sites for hydroxylation is 1. The van der Waals surface area contributed by atoms with Crippen molar-refractivity contribution in [2.45, 2.75) is 6.92 Å². The van der Waals surface area contributed by atoms with Gasteiger partial charge < -0.3 is 9.97 Å². The quantitative estimate of drug-likeness (QED) is 0.354. The molecule has 5 nitrogen and oxygen atoms in total. The van der Waals surface area contributed by atoms with Crippen LogP contribution < -0.4 is 0 Å². The third-order valence-corrected chi connectivity index (χ3v) is 5.48. The van der Waals surface area contributed by atoms with E-state index in [1.165, 1.54) is 0 Å². The van der Waals surface area contributed by atoms with Gasteiger partial charge in [0.15, 0.2) is 0 Å². The van der Waals surface area contributed by atoms with Crippen LogP contribution >= 0.6 is 0 Å². The van der Waals surface area contributed by atoms with Crippen molar-refractivity contribution in [3.8, 4) is 11.1 Å². The topological polar surface area (TPSA) is 70.2 Å². The summed E-state index contributed by atoms with van der Waals surface area (Å²) >= 11 is 0. The molecular formula is C26H19N5. The van der Waals surface area contributed by atoms with Crippen LogP contribution in [0.5, 0.6) is 0 Å². The average molecular weight is 401 g/mol. The lowest BCUT2D eigenvalue weighted by molar-refractivity contribution is 1.27. The standard InChI is InChI=1S/C26H19N5/c1-16-15-27-9-8-24(16)25-13-23-12-21-5-4-19(29-21)10-17-2-3-18(28-17)11-20-6-7-22(30-20)14-26(25)31-23/h2-15,29,31H,1H3. The van der Waals surface area contributed by atoms with Gasteiger partial charge in [0.05, 0.1) is 22.8 Å². The molecule has 0 fully saturated rings. The van der Waals surface area contributed by atoms with Gasteiger partial charge in [-0.2, -0.15) is 0 Å².